The van der Waals surface area contributed by atoms with Gasteiger partial charge in [-0.1, -0.05) is 13.3 Å². The summed E-state index contributed by atoms with van der Waals surface area (Å²) in [4.78, 5) is 15.1. The van der Waals surface area contributed by atoms with Gasteiger partial charge in [-0.15, -0.1) is 0 Å². The number of primary sulfonamides is 1. The number of benzene rings is 2. The third kappa shape index (κ3) is 6.91. The number of aromatic carboxylic acids is 1. The summed E-state index contributed by atoms with van der Waals surface area (Å²) < 4.78 is 43.9. The Morgan fingerprint density at radius 2 is 1.77 bits per heavy atom. The average molecular weight is 454 g/mol. The van der Waals surface area contributed by atoms with Gasteiger partial charge >= 0.3 is 5.97 Å². The highest BCUT2D eigenvalue weighted by Gasteiger charge is 2.26. The molecule has 0 amide bonds. The van der Waals surface area contributed by atoms with Crippen molar-refractivity contribution in [1.29, 1.82) is 0 Å². The number of sulfonamides is 1. The Bertz CT molecular complexity index is 1010. The van der Waals surface area contributed by atoms with Crippen molar-refractivity contribution in [3.8, 4) is 11.5 Å². The van der Waals surface area contributed by atoms with Gasteiger partial charge in [-0.25, -0.2) is 22.7 Å². The maximum atomic E-state index is 13.3. The van der Waals surface area contributed by atoms with E-state index in [2.05, 4.69) is 0 Å². The van der Waals surface area contributed by atoms with E-state index in [-0.39, 0.29) is 17.1 Å². The first-order valence-corrected chi connectivity index (χ1v) is 11.3. The number of carbonyl (C=O) groups is 1. The van der Waals surface area contributed by atoms with Crippen LogP contribution in [0.3, 0.4) is 0 Å². The smallest absolute Gasteiger partial charge is 0.335 e. The zero-order valence-corrected chi connectivity index (χ0v) is 18.7. The zero-order valence-electron chi connectivity index (χ0n) is 17.8. The van der Waals surface area contributed by atoms with Crippen molar-refractivity contribution in [3.63, 3.8) is 0 Å². The van der Waals surface area contributed by atoms with E-state index >= 15 is 0 Å². The minimum absolute atomic E-state index is 0.0889. The molecule has 0 bridgehead atoms. The fourth-order valence-electron chi connectivity index (χ4n) is 2.90. The number of halogens is 1. The van der Waals surface area contributed by atoms with Crippen LogP contribution in [-0.4, -0.2) is 58.1 Å². The first kappa shape index (κ1) is 24.6. The van der Waals surface area contributed by atoms with Crippen LogP contribution in [0.1, 0.15) is 30.1 Å². The van der Waals surface area contributed by atoms with E-state index in [9.17, 15) is 22.7 Å². The molecule has 0 spiro atoms. The number of anilines is 1. The van der Waals surface area contributed by atoms with E-state index in [1.54, 1.807) is 0 Å². The van der Waals surface area contributed by atoms with Crippen molar-refractivity contribution in [2.24, 2.45) is 5.14 Å². The molecule has 0 unspecified atom stereocenters. The molecule has 0 saturated carbocycles. The van der Waals surface area contributed by atoms with E-state index < -0.39 is 26.7 Å². The van der Waals surface area contributed by atoms with Crippen molar-refractivity contribution in [2.45, 2.75) is 24.7 Å². The van der Waals surface area contributed by atoms with Crippen molar-refractivity contribution in [1.82, 2.24) is 4.90 Å². The van der Waals surface area contributed by atoms with E-state index in [4.69, 9.17) is 9.88 Å². The van der Waals surface area contributed by atoms with Crippen LogP contribution in [-0.2, 0) is 10.0 Å². The lowest BCUT2D eigenvalue weighted by atomic mass is 10.1. The fourth-order valence-corrected chi connectivity index (χ4v) is 3.60. The number of likely N-dealkylation sites (N-methyl/N-ethyl adjacent to an activating group) is 1. The van der Waals surface area contributed by atoms with Crippen LogP contribution in [0.25, 0.3) is 0 Å². The largest absolute Gasteiger partial charge is 0.478 e. The molecule has 3 N–H and O–H groups in total. The standard InChI is InChI=1S/C21H28FN3O5S/c1-4-5-10-25(12-11-24(2)3)18-13-15(21(26)27)14-19(31(23,28)29)20(18)30-17-8-6-16(22)7-9-17/h6-9,13-14H,4-5,10-12H2,1-3H3,(H,26,27)(H2,23,28,29). The molecule has 10 heteroatoms. The number of unbranched alkanes of at least 4 members (excludes halogenated alkanes) is 1. The number of carboxylic acids is 1. The van der Waals surface area contributed by atoms with Crippen LogP contribution in [0.4, 0.5) is 10.1 Å². The summed E-state index contributed by atoms with van der Waals surface area (Å²) in [5.74, 6) is -1.66. The van der Waals surface area contributed by atoms with Gasteiger partial charge in [0.15, 0.2) is 5.75 Å². The predicted octanol–water partition coefficient (Wildman–Crippen LogP) is 3.13. The van der Waals surface area contributed by atoms with Gasteiger partial charge in [0, 0.05) is 19.6 Å². The van der Waals surface area contributed by atoms with Crippen LogP contribution in [0.15, 0.2) is 41.3 Å². The number of nitrogens with two attached hydrogens (primary N) is 1. The van der Waals surface area contributed by atoms with Crippen LogP contribution in [0.2, 0.25) is 0 Å². The maximum absolute atomic E-state index is 13.3. The summed E-state index contributed by atoms with van der Waals surface area (Å²) in [5, 5.41) is 14.9. The van der Waals surface area contributed by atoms with Crippen LogP contribution in [0, 0.1) is 5.82 Å². The van der Waals surface area contributed by atoms with Gasteiger partial charge in [0.05, 0.1) is 11.3 Å². The molecule has 0 saturated heterocycles. The summed E-state index contributed by atoms with van der Waals surface area (Å²) in [6, 6.07) is 7.42. The number of carboxylic acid groups (broad SMARTS) is 1. The SMILES string of the molecule is CCCCN(CCN(C)C)c1cc(C(=O)O)cc(S(N)(=O)=O)c1Oc1ccc(F)cc1. The van der Waals surface area contributed by atoms with Crippen molar-refractivity contribution in [3.05, 3.63) is 47.8 Å². The predicted molar refractivity (Wildman–Crippen MR) is 117 cm³/mol. The molecule has 0 aliphatic heterocycles. The normalized spacial score (nSPS) is 11.5. The molecule has 0 radical (unpaired) electrons. The molecule has 31 heavy (non-hydrogen) atoms. The molecular weight excluding hydrogens is 425 g/mol. The molecule has 0 aliphatic carbocycles. The van der Waals surface area contributed by atoms with E-state index in [1.807, 2.05) is 30.8 Å². The second-order valence-electron chi connectivity index (χ2n) is 7.37. The van der Waals surface area contributed by atoms with Gasteiger partial charge in [-0.05, 0) is 56.9 Å². The Hall–Kier alpha value is -2.69. The van der Waals surface area contributed by atoms with Gasteiger partial charge in [-0.2, -0.15) is 0 Å². The number of hydrogen-bond acceptors (Lipinski definition) is 6. The van der Waals surface area contributed by atoms with Crippen LogP contribution >= 0.6 is 0 Å². The Morgan fingerprint density at radius 1 is 1.13 bits per heavy atom. The Labute approximate surface area is 182 Å². The lowest BCUT2D eigenvalue weighted by Crippen LogP contribution is -2.33. The number of rotatable bonds is 11. The lowest BCUT2D eigenvalue weighted by Gasteiger charge is -2.29. The quantitative estimate of drug-likeness (QED) is 0.537. The molecular formula is C21H28FN3O5S. The van der Waals surface area contributed by atoms with Crippen LogP contribution < -0.4 is 14.8 Å². The second kappa shape index (κ2) is 10.6. The molecule has 0 fully saturated rings. The number of ether oxygens (including phenoxy) is 1. The number of hydrogen-bond donors (Lipinski definition) is 2. The van der Waals surface area contributed by atoms with E-state index in [1.165, 1.54) is 30.3 Å². The minimum Gasteiger partial charge on any atom is -0.478 e. The van der Waals surface area contributed by atoms with Crippen LogP contribution in [0.5, 0.6) is 11.5 Å². The van der Waals surface area contributed by atoms with Crippen molar-refractivity contribution >= 4 is 21.7 Å². The Morgan fingerprint density at radius 3 is 2.29 bits per heavy atom. The molecule has 2 aromatic carbocycles. The Balaban J connectivity index is 2.71. The molecule has 0 atom stereocenters. The van der Waals surface area contributed by atoms with Gasteiger partial charge in [-0.3, -0.25) is 0 Å². The summed E-state index contributed by atoms with van der Waals surface area (Å²) in [7, 11) is -0.525. The van der Waals surface area contributed by atoms with Gasteiger partial charge in [0.25, 0.3) is 0 Å². The van der Waals surface area contributed by atoms with Gasteiger partial charge in [0.2, 0.25) is 10.0 Å². The monoisotopic (exact) mass is 453 g/mol. The molecule has 0 heterocycles. The first-order chi connectivity index (χ1) is 14.5. The summed E-state index contributed by atoms with van der Waals surface area (Å²) >= 11 is 0. The lowest BCUT2D eigenvalue weighted by molar-refractivity contribution is 0.0696. The summed E-state index contributed by atoms with van der Waals surface area (Å²) in [6.45, 7) is 3.71. The van der Waals surface area contributed by atoms with Crippen molar-refractivity contribution < 1.29 is 27.4 Å². The summed E-state index contributed by atoms with van der Waals surface area (Å²) in [6.07, 6.45) is 1.68. The molecule has 8 nitrogen and oxygen atoms in total. The third-order valence-corrected chi connectivity index (χ3v) is 5.48. The minimum atomic E-state index is -4.33. The van der Waals surface area contributed by atoms with Gasteiger partial charge < -0.3 is 19.6 Å². The van der Waals surface area contributed by atoms with Gasteiger partial charge in [0.1, 0.15) is 16.5 Å². The second-order valence-corrected chi connectivity index (χ2v) is 8.90. The average Bonchev–Trinajstić information content (AvgIpc) is 2.69. The molecule has 2 rings (SSSR count). The number of nitrogens with zero attached hydrogens (tertiary/aromatic N) is 2. The molecule has 0 aromatic heterocycles. The highest BCUT2D eigenvalue weighted by molar-refractivity contribution is 7.89. The Kier molecular flexibility index (Phi) is 8.37. The van der Waals surface area contributed by atoms with Crippen molar-refractivity contribution in [2.75, 3.05) is 38.6 Å². The molecule has 0 aliphatic rings. The maximum Gasteiger partial charge on any atom is 0.335 e. The third-order valence-electron chi connectivity index (χ3n) is 4.56. The summed E-state index contributed by atoms with van der Waals surface area (Å²) in [5.41, 5.74) is 0.0698. The fraction of sp³-hybridized carbons (Fsp3) is 0.381. The first-order valence-electron chi connectivity index (χ1n) is 9.80. The molecule has 170 valence electrons. The zero-order chi connectivity index (χ0) is 23.2. The van der Waals surface area contributed by atoms with E-state index in [0.29, 0.717) is 25.3 Å². The highest BCUT2D eigenvalue weighted by atomic mass is 32.2. The van der Waals surface area contributed by atoms with E-state index in [0.717, 1.165) is 18.9 Å². The molecule has 2 aromatic rings. The highest BCUT2D eigenvalue weighted by Crippen LogP contribution is 2.39. The topological polar surface area (TPSA) is 113 Å².